The van der Waals surface area contributed by atoms with E-state index in [1.807, 2.05) is 0 Å². The first-order valence-corrected chi connectivity index (χ1v) is 16.4. The summed E-state index contributed by atoms with van der Waals surface area (Å²) in [5.41, 5.74) is 0.500. The molecule has 0 spiro atoms. The standard InChI is InChI=1S/C31H56.C5H12/c1-14-16(3)22(9)30-26(18(5)24(11)28(30)20(14)7)13-27-19(6)25(12)29-21(8)15(2)17(4)23(10)31(27)29;1-5(2,3)4/h14-31H,13H2,1-12H3;1-4H3. The summed E-state index contributed by atoms with van der Waals surface area (Å²) in [6.07, 6.45) is 1.54. The van der Waals surface area contributed by atoms with Crippen LogP contribution in [-0.4, -0.2) is 0 Å². The van der Waals surface area contributed by atoms with E-state index in [-0.39, 0.29) is 0 Å². The molecule has 18 unspecified atom stereocenters. The lowest BCUT2D eigenvalue weighted by molar-refractivity contribution is -0.0209. The second-order valence-electron chi connectivity index (χ2n) is 17.2. The normalized spacial score (nSPS) is 57.0. The van der Waals surface area contributed by atoms with E-state index >= 15 is 0 Å². The molecule has 0 saturated heterocycles. The Hall–Kier alpha value is 0. The Labute approximate surface area is 228 Å². The predicted molar refractivity (Wildman–Crippen MR) is 161 cm³/mol. The number of hydrogen-bond donors (Lipinski definition) is 0. The summed E-state index contributed by atoms with van der Waals surface area (Å²) in [6, 6.07) is 0. The zero-order chi connectivity index (χ0) is 27.6. The molecule has 0 bridgehead atoms. The van der Waals surface area contributed by atoms with Gasteiger partial charge >= 0.3 is 0 Å². The smallest absolute Gasteiger partial charge is 0.0321 e. The average molecular weight is 501 g/mol. The zero-order valence-electron chi connectivity index (χ0n) is 27.6. The van der Waals surface area contributed by atoms with Gasteiger partial charge in [0.25, 0.3) is 0 Å². The van der Waals surface area contributed by atoms with Crippen molar-refractivity contribution >= 4 is 0 Å². The first kappa shape index (κ1) is 30.5. The molecule has 0 aromatic heterocycles. The van der Waals surface area contributed by atoms with Crippen LogP contribution in [0.5, 0.6) is 0 Å². The first-order chi connectivity index (χ1) is 16.4. The van der Waals surface area contributed by atoms with Crippen molar-refractivity contribution in [2.45, 2.75) is 117 Å². The van der Waals surface area contributed by atoms with E-state index in [9.17, 15) is 0 Å². The van der Waals surface area contributed by atoms with E-state index in [0.29, 0.717) is 5.41 Å². The minimum atomic E-state index is 0.500. The van der Waals surface area contributed by atoms with Crippen molar-refractivity contribution < 1.29 is 0 Å². The van der Waals surface area contributed by atoms with Crippen molar-refractivity contribution in [1.29, 1.82) is 0 Å². The molecule has 0 N–H and O–H groups in total. The fourth-order valence-electron chi connectivity index (χ4n) is 11.0. The Morgan fingerprint density at radius 1 is 0.306 bits per heavy atom. The Morgan fingerprint density at radius 3 is 0.750 bits per heavy atom. The lowest BCUT2D eigenvalue weighted by Crippen LogP contribution is -2.45. The van der Waals surface area contributed by atoms with Crippen LogP contribution in [0.3, 0.4) is 0 Å². The van der Waals surface area contributed by atoms with Crippen LogP contribution in [-0.2, 0) is 0 Å². The molecule has 0 nitrogen and oxygen atoms in total. The van der Waals surface area contributed by atoms with Crippen LogP contribution in [0.15, 0.2) is 0 Å². The fourth-order valence-corrected chi connectivity index (χ4v) is 11.0. The summed E-state index contributed by atoms with van der Waals surface area (Å²) in [5.74, 6) is 16.6. The van der Waals surface area contributed by atoms with Gasteiger partial charge in [0.15, 0.2) is 0 Å². The second-order valence-corrected chi connectivity index (χ2v) is 17.2. The third-order valence-corrected chi connectivity index (χ3v) is 14.1. The second kappa shape index (κ2) is 10.9. The monoisotopic (exact) mass is 501 g/mol. The number of fused-ring (bicyclic) bond motifs is 2. The molecule has 0 aromatic rings. The van der Waals surface area contributed by atoms with Crippen LogP contribution in [0.1, 0.15) is 117 Å². The number of rotatable bonds is 2. The first-order valence-electron chi connectivity index (χ1n) is 16.4. The van der Waals surface area contributed by atoms with Crippen molar-refractivity contribution in [3.05, 3.63) is 0 Å². The Bertz CT molecular complexity index is 654. The van der Waals surface area contributed by atoms with Gasteiger partial charge in [-0.3, -0.25) is 0 Å². The fraction of sp³-hybridized carbons (Fsp3) is 1.00. The predicted octanol–water partition coefficient (Wildman–Crippen LogP) is 10.8. The van der Waals surface area contributed by atoms with Gasteiger partial charge in [-0.2, -0.15) is 0 Å². The highest BCUT2D eigenvalue weighted by atomic mass is 14.6. The molecule has 4 fully saturated rings. The molecule has 0 aliphatic heterocycles. The van der Waals surface area contributed by atoms with E-state index in [1.165, 1.54) is 6.42 Å². The lowest BCUT2D eigenvalue weighted by atomic mass is 9.55. The maximum atomic E-state index is 2.65. The van der Waals surface area contributed by atoms with E-state index < -0.39 is 0 Å². The molecule has 212 valence electrons. The third kappa shape index (κ3) is 5.25. The van der Waals surface area contributed by atoms with E-state index in [2.05, 4.69) is 111 Å². The van der Waals surface area contributed by atoms with Gasteiger partial charge < -0.3 is 0 Å². The van der Waals surface area contributed by atoms with Gasteiger partial charge in [0.1, 0.15) is 0 Å². The largest absolute Gasteiger partial charge is 0.0620 e. The van der Waals surface area contributed by atoms with Crippen molar-refractivity contribution in [2.24, 2.45) is 112 Å². The lowest BCUT2D eigenvalue weighted by Gasteiger charge is -2.50. The van der Waals surface area contributed by atoms with Crippen LogP contribution in [0, 0.1) is 112 Å². The van der Waals surface area contributed by atoms with E-state index in [4.69, 9.17) is 0 Å². The summed E-state index contributed by atoms with van der Waals surface area (Å²) in [5, 5.41) is 0. The van der Waals surface area contributed by atoms with E-state index in [1.54, 1.807) is 0 Å². The van der Waals surface area contributed by atoms with Gasteiger partial charge in [-0.1, -0.05) is 111 Å². The van der Waals surface area contributed by atoms with Gasteiger partial charge in [0, 0.05) is 0 Å². The highest BCUT2D eigenvalue weighted by Gasteiger charge is 2.59. The molecule has 0 amide bonds. The molecular formula is C36H68. The van der Waals surface area contributed by atoms with Gasteiger partial charge in [-0.25, -0.2) is 0 Å². The van der Waals surface area contributed by atoms with Gasteiger partial charge in [-0.15, -0.1) is 0 Å². The maximum absolute atomic E-state index is 2.65. The van der Waals surface area contributed by atoms with Gasteiger partial charge in [0.05, 0.1) is 0 Å². The molecule has 0 radical (unpaired) electrons. The van der Waals surface area contributed by atoms with Crippen LogP contribution in [0.25, 0.3) is 0 Å². The highest BCUT2D eigenvalue weighted by Crippen LogP contribution is 2.65. The molecule has 0 aromatic carbocycles. The van der Waals surface area contributed by atoms with Crippen LogP contribution in [0.4, 0.5) is 0 Å². The summed E-state index contributed by atoms with van der Waals surface area (Å²) < 4.78 is 0. The molecule has 4 saturated carbocycles. The van der Waals surface area contributed by atoms with Crippen molar-refractivity contribution in [3.63, 3.8) is 0 Å². The van der Waals surface area contributed by atoms with Crippen LogP contribution < -0.4 is 0 Å². The molecule has 4 rings (SSSR count). The molecule has 36 heavy (non-hydrogen) atoms. The zero-order valence-corrected chi connectivity index (χ0v) is 27.6. The molecule has 4 aliphatic rings. The Morgan fingerprint density at radius 2 is 0.500 bits per heavy atom. The summed E-state index contributed by atoms with van der Waals surface area (Å²) in [7, 11) is 0. The Balaban J connectivity index is 0.000000658. The SMILES string of the molecule is CC(C)(C)C.CC1C(C)C(C)C2C(CC3C(C)C(C)C4C(C)C(C)C(C)C(C)C34)C(C)C(C)C2C1C. The third-order valence-electron chi connectivity index (χ3n) is 14.1. The molecular weight excluding hydrogens is 432 g/mol. The molecule has 18 atom stereocenters. The maximum Gasteiger partial charge on any atom is -0.0321 e. The average Bonchev–Trinajstić information content (AvgIpc) is 3.18. The van der Waals surface area contributed by atoms with E-state index in [0.717, 1.165) is 107 Å². The van der Waals surface area contributed by atoms with Crippen molar-refractivity contribution in [3.8, 4) is 0 Å². The van der Waals surface area contributed by atoms with Gasteiger partial charge in [0.2, 0.25) is 0 Å². The number of hydrogen-bond acceptors (Lipinski definition) is 0. The van der Waals surface area contributed by atoms with Crippen LogP contribution in [0.2, 0.25) is 0 Å². The quantitative estimate of drug-likeness (QED) is 0.353. The highest BCUT2D eigenvalue weighted by molar-refractivity contribution is 5.07. The summed E-state index contributed by atoms with van der Waals surface area (Å²) >= 11 is 0. The minimum absolute atomic E-state index is 0.500. The molecule has 4 aliphatic carbocycles. The van der Waals surface area contributed by atoms with Crippen molar-refractivity contribution in [2.75, 3.05) is 0 Å². The van der Waals surface area contributed by atoms with Crippen LogP contribution >= 0.6 is 0 Å². The topological polar surface area (TPSA) is 0 Å². The van der Waals surface area contributed by atoms with Gasteiger partial charge in [-0.05, 0) is 118 Å². The Kier molecular flexibility index (Phi) is 9.22. The summed E-state index contributed by atoms with van der Waals surface area (Å²) in [4.78, 5) is 0. The molecule has 0 heterocycles. The summed E-state index contributed by atoms with van der Waals surface area (Å²) in [6.45, 7) is 40.1. The van der Waals surface area contributed by atoms with Crippen molar-refractivity contribution in [1.82, 2.24) is 0 Å². The molecule has 0 heteroatoms. The minimum Gasteiger partial charge on any atom is -0.0620 e.